The second kappa shape index (κ2) is 10.3. The van der Waals surface area contributed by atoms with Crippen LogP contribution in [-0.4, -0.2) is 34.3 Å². The van der Waals surface area contributed by atoms with Gasteiger partial charge in [0, 0.05) is 22.7 Å². The number of para-hydroxylation sites is 1. The number of hydrogen-bond acceptors (Lipinski definition) is 5. The molecular formula is C28H23FN2O4S. The van der Waals surface area contributed by atoms with Crippen molar-refractivity contribution >= 4 is 39.9 Å². The molecule has 0 atom stereocenters. The van der Waals surface area contributed by atoms with Gasteiger partial charge in [-0.1, -0.05) is 30.3 Å². The minimum Gasteiger partial charge on any atom is -0.497 e. The van der Waals surface area contributed by atoms with E-state index in [2.05, 4.69) is 4.57 Å². The largest absolute Gasteiger partial charge is 0.497 e. The maximum atomic E-state index is 13.2. The second-order valence-electron chi connectivity index (χ2n) is 8.21. The summed E-state index contributed by atoms with van der Waals surface area (Å²) in [6.07, 6.45) is 3.73. The van der Waals surface area contributed by atoms with Crippen molar-refractivity contribution in [2.75, 3.05) is 13.7 Å². The number of benzene rings is 3. The molecule has 1 saturated heterocycles. The standard InChI is InChI=1S/C28H23FN2O4S/c1-34-22-10-12-23(13-11-22)35-15-14-30-18-20(24-4-2-3-5-25(24)30)16-26-27(32)31(28(33)36-26)17-19-6-8-21(29)9-7-19/h2-13,16,18H,14-15,17H2,1H3/b26-16-. The number of methoxy groups -OCH3 is 1. The van der Waals surface area contributed by atoms with Crippen molar-refractivity contribution in [3.8, 4) is 11.5 Å². The Morgan fingerprint density at radius 2 is 1.67 bits per heavy atom. The molecule has 6 nitrogen and oxygen atoms in total. The molecule has 1 aliphatic rings. The van der Waals surface area contributed by atoms with Crippen molar-refractivity contribution in [1.82, 2.24) is 9.47 Å². The highest BCUT2D eigenvalue weighted by atomic mass is 32.2. The molecule has 0 N–H and O–H groups in total. The molecule has 0 spiro atoms. The number of amides is 2. The van der Waals surface area contributed by atoms with E-state index in [4.69, 9.17) is 9.47 Å². The number of aromatic nitrogens is 1. The number of rotatable bonds is 8. The highest BCUT2D eigenvalue weighted by Crippen LogP contribution is 2.35. The summed E-state index contributed by atoms with van der Waals surface area (Å²) in [5.41, 5.74) is 2.54. The number of fused-ring (bicyclic) bond motifs is 1. The molecule has 8 heteroatoms. The van der Waals surface area contributed by atoms with Crippen LogP contribution in [0.5, 0.6) is 11.5 Å². The van der Waals surface area contributed by atoms with Crippen LogP contribution in [0, 0.1) is 5.82 Å². The van der Waals surface area contributed by atoms with Gasteiger partial charge in [0.05, 0.1) is 25.1 Å². The van der Waals surface area contributed by atoms with E-state index in [1.54, 1.807) is 25.3 Å². The van der Waals surface area contributed by atoms with E-state index in [1.165, 1.54) is 17.0 Å². The number of thioether (sulfide) groups is 1. The summed E-state index contributed by atoms with van der Waals surface area (Å²) in [6.45, 7) is 1.16. The normalized spacial score (nSPS) is 14.7. The average molecular weight is 503 g/mol. The van der Waals surface area contributed by atoms with Gasteiger partial charge in [0.15, 0.2) is 0 Å². The van der Waals surface area contributed by atoms with Crippen molar-refractivity contribution in [3.05, 3.63) is 101 Å². The lowest BCUT2D eigenvalue weighted by molar-refractivity contribution is -0.123. The molecule has 0 bridgehead atoms. The van der Waals surface area contributed by atoms with Gasteiger partial charge in [-0.25, -0.2) is 4.39 Å². The minimum absolute atomic E-state index is 0.104. The van der Waals surface area contributed by atoms with Gasteiger partial charge in [-0.05, 0) is 65.9 Å². The van der Waals surface area contributed by atoms with Crippen molar-refractivity contribution in [2.24, 2.45) is 0 Å². The fraction of sp³-hybridized carbons (Fsp3) is 0.143. The number of ether oxygens (including phenoxy) is 2. The third-order valence-electron chi connectivity index (χ3n) is 5.89. The van der Waals surface area contributed by atoms with E-state index in [1.807, 2.05) is 54.7 Å². The van der Waals surface area contributed by atoms with Crippen LogP contribution in [0.25, 0.3) is 17.0 Å². The molecule has 3 aromatic carbocycles. The van der Waals surface area contributed by atoms with Crippen LogP contribution in [0.15, 0.2) is 83.9 Å². The van der Waals surface area contributed by atoms with Gasteiger partial charge in [-0.15, -0.1) is 0 Å². The summed E-state index contributed by atoms with van der Waals surface area (Å²) in [6, 6.07) is 21.1. The summed E-state index contributed by atoms with van der Waals surface area (Å²) >= 11 is 0.915. The molecule has 182 valence electrons. The van der Waals surface area contributed by atoms with E-state index in [0.717, 1.165) is 39.7 Å². The van der Waals surface area contributed by atoms with E-state index >= 15 is 0 Å². The highest BCUT2D eigenvalue weighted by molar-refractivity contribution is 8.18. The lowest BCUT2D eigenvalue weighted by atomic mass is 10.1. The van der Waals surface area contributed by atoms with E-state index < -0.39 is 0 Å². The number of halogens is 1. The van der Waals surface area contributed by atoms with Crippen LogP contribution in [0.2, 0.25) is 0 Å². The molecule has 2 amide bonds. The fourth-order valence-electron chi connectivity index (χ4n) is 4.06. The number of imide groups is 1. The monoisotopic (exact) mass is 502 g/mol. The van der Waals surface area contributed by atoms with Gasteiger partial charge >= 0.3 is 0 Å². The van der Waals surface area contributed by atoms with Crippen molar-refractivity contribution in [2.45, 2.75) is 13.1 Å². The van der Waals surface area contributed by atoms with Gasteiger partial charge in [0.1, 0.15) is 23.9 Å². The van der Waals surface area contributed by atoms with Crippen LogP contribution < -0.4 is 9.47 Å². The molecule has 36 heavy (non-hydrogen) atoms. The van der Waals surface area contributed by atoms with Crippen LogP contribution >= 0.6 is 11.8 Å². The van der Waals surface area contributed by atoms with E-state index in [0.29, 0.717) is 23.6 Å². The topological polar surface area (TPSA) is 60.8 Å². The van der Waals surface area contributed by atoms with Crippen LogP contribution in [0.3, 0.4) is 0 Å². The quantitative estimate of drug-likeness (QED) is 0.272. The summed E-state index contributed by atoms with van der Waals surface area (Å²) < 4.78 is 26.3. The molecule has 2 heterocycles. The Morgan fingerprint density at radius 1 is 0.944 bits per heavy atom. The van der Waals surface area contributed by atoms with Crippen molar-refractivity contribution < 1.29 is 23.5 Å². The Labute approximate surface area is 211 Å². The van der Waals surface area contributed by atoms with Crippen LogP contribution in [0.4, 0.5) is 9.18 Å². The molecule has 4 aromatic rings. The Morgan fingerprint density at radius 3 is 2.42 bits per heavy atom. The second-order valence-corrected chi connectivity index (χ2v) is 9.21. The van der Waals surface area contributed by atoms with Crippen LogP contribution in [0.1, 0.15) is 11.1 Å². The first-order valence-corrected chi connectivity index (χ1v) is 12.2. The number of hydrogen-bond donors (Lipinski definition) is 0. The predicted molar refractivity (Wildman–Crippen MR) is 138 cm³/mol. The maximum absolute atomic E-state index is 13.2. The smallest absolute Gasteiger partial charge is 0.293 e. The predicted octanol–water partition coefficient (Wildman–Crippen LogP) is 6.10. The zero-order chi connectivity index (χ0) is 25.1. The molecule has 5 rings (SSSR count). The fourth-order valence-corrected chi connectivity index (χ4v) is 4.89. The van der Waals surface area contributed by atoms with Gasteiger partial charge in [0.25, 0.3) is 11.1 Å². The Bertz CT molecular complexity index is 1440. The number of carbonyl (C=O) groups excluding carboxylic acids is 2. The zero-order valence-corrected chi connectivity index (χ0v) is 20.3. The number of nitrogens with zero attached hydrogens (tertiary/aromatic N) is 2. The first kappa shape index (κ1) is 23.7. The molecule has 1 fully saturated rings. The summed E-state index contributed by atoms with van der Waals surface area (Å²) in [5, 5.41) is 0.638. The third-order valence-corrected chi connectivity index (χ3v) is 6.80. The molecular weight excluding hydrogens is 479 g/mol. The summed E-state index contributed by atoms with van der Waals surface area (Å²) in [5.74, 6) is 0.806. The Hall–Kier alpha value is -4.04. The van der Waals surface area contributed by atoms with E-state index in [9.17, 15) is 14.0 Å². The van der Waals surface area contributed by atoms with Crippen molar-refractivity contribution in [3.63, 3.8) is 0 Å². The average Bonchev–Trinajstić information content (AvgIpc) is 3.37. The molecule has 0 radical (unpaired) electrons. The maximum Gasteiger partial charge on any atom is 0.293 e. The van der Waals surface area contributed by atoms with Gasteiger partial charge in [-0.2, -0.15) is 0 Å². The first-order chi connectivity index (χ1) is 17.5. The Kier molecular flexibility index (Phi) is 6.77. The minimum atomic E-state index is -0.362. The molecule has 0 unspecified atom stereocenters. The van der Waals surface area contributed by atoms with Crippen LogP contribution in [-0.2, 0) is 17.9 Å². The first-order valence-electron chi connectivity index (χ1n) is 11.4. The molecule has 1 aromatic heterocycles. The van der Waals surface area contributed by atoms with Gasteiger partial charge in [-0.3, -0.25) is 14.5 Å². The molecule has 0 saturated carbocycles. The third kappa shape index (κ3) is 4.99. The lowest BCUT2D eigenvalue weighted by Gasteiger charge is -2.12. The molecule has 1 aliphatic heterocycles. The Balaban J connectivity index is 1.33. The molecule has 0 aliphatic carbocycles. The SMILES string of the molecule is COc1ccc(OCCn2cc(/C=C3\SC(=O)N(Cc4ccc(F)cc4)C3=O)c3ccccc32)cc1. The van der Waals surface area contributed by atoms with E-state index in [-0.39, 0.29) is 23.5 Å². The summed E-state index contributed by atoms with van der Waals surface area (Å²) in [4.78, 5) is 27.1. The highest BCUT2D eigenvalue weighted by Gasteiger charge is 2.35. The lowest BCUT2D eigenvalue weighted by Crippen LogP contribution is -2.27. The summed E-state index contributed by atoms with van der Waals surface area (Å²) in [7, 11) is 1.62. The number of carbonyl (C=O) groups is 2. The zero-order valence-electron chi connectivity index (χ0n) is 19.5. The van der Waals surface area contributed by atoms with Crippen molar-refractivity contribution in [1.29, 1.82) is 0 Å². The van der Waals surface area contributed by atoms with Gasteiger partial charge < -0.3 is 14.0 Å². The van der Waals surface area contributed by atoms with Gasteiger partial charge in [0.2, 0.25) is 0 Å².